The average Bonchev–Trinajstić information content (AvgIpc) is 2.68. The number of imidazole rings is 1. The van der Waals surface area contributed by atoms with Gasteiger partial charge in [-0.05, 0) is 29.8 Å². The van der Waals surface area contributed by atoms with Gasteiger partial charge >= 0.3 is 0 Å². The highest BCUT2D eigenvalue weighted by molar-refractivity contribution is 6.29. The van der Waals surface area contributed by atoms with Gasteiger partial charge < -0.3 is 15.0 Å². The molecule has 5 nitrogen and oxygen atoms in total. The molecule has 1 amide bonds. The molecule has 0 saturated carbocycles. The summed E-state index contributed by atoms with van der Waals surface area (Å²) in [5.74, 6) is -0.144. The van der Waals surface area contributed by atoms with Crippen molar-refractivity contribution in [1.29, 1.82) is 0 Å². The number of rotatable bonds is 4. The lowest BCUT2D eigenvalue weighted by atomic mass is 10.2. The fraction of sp³-hybridized carbons (Fsp3) is 0.273. The lowest BCUT2D eigenvalue weighted by Crippen LogP contribution is -2.26. The van der Waals surface area contributed by atoms with Crippen molar-refractivity contribution in [2.24, 2.45) is 0 Å². The summed E-state index contributed by atoms with van der Waals surface area (Å²) in [6.07, 6.45) is 0. The van der Waals surface area contributed by atoms with Crippen LogP contribution in [0.5, 0.6) is 0 Å². The van der Waals surface area contributed by atoms with E-state index in [1.54, 1.807) is 25.3 Å². The fourth-order valence-electron chi connectivity index (χ4n) is 1.49. The third-order valence-corrected chi connectivity index (χ3v) is 2.49. The van der Waals surface area contributed by atoms with E-state index in [2.05, 4.69) is 15.3 Å². The molecular formula is C11H12ClN3O2. The number of aromatic nitrogens is 2. The average molecular weight is 254 g/mol. The molecular weight excluding hydrogens is 242 g/mol. The Morgan fingerprint density at radius 2 is 2.41 bits per heavy atom. The summed E-state index contributed by atoms with van der Waals surface area (Å²) in [4.78, 5) is 18.7. The molecule has 0 atom stereocenters. The van der Waals surface area contributed by atoms with Crippen LogP contribution in [0.1, 0.15) is 10.4 Å². The number of benzene rings is 1. The van der Waals surface area contributed by atoms with E-state index in [9.17, 15) is 4.79 Å². The number of H-pyrrole nitrogens is 1. The Kier molecular flexibility index (Phi) is 3.61. The normalized spacial score (nSPS) is 10.7. The minimum atomic E-state index is -0.144. The maximum Gasteiger partial charge on any atom is 0.251 e. The van der Waals surface area contributed by atoms with Crippen LogP contribution in [0, 0.1) is 0 Å². The number of halogens is 1. The molecule has 0 spiro atoms. The second kappa shape index (κ2) is 5.16. The van der Waals surface area contributed by atoms with Crippen molar-refractivity contribution in [3.05, 3.63) is 29.0 Å². The quantitative estimate of drug-likeness (QED) is 0.814. The Morgan fingerprint density at radius 1 is 1.59 bits per heavy atom. The Labute approximate surface area is 103 Å². The molecule has 17 heavy (non-hydrogen) atoms. The molecule has 1 aromatic carbocycles. The first kappa shape index (κ1) is 11.9. The van der Waals surface area contributed by atoms with Crippen molar-refractivity contribution in [2.45, 2.75) is 0 Å². The fourth-order valence-corrected chi connectivity index (χ4v) is 1.68. The van der Waals surface area contributed by atoms with Gasteiger partial charge in [-0.1, -0.05) is 0 Å². The molecule has 0 fully saturated rings. The molecule has 6 heteroatoms. The summed E-state index contributed by atoms with van der Waals surface area (Å²) in [5.41, 5.74) is 2.05. The maximum absolute atomic E-state index is 11.7. The van der Waals surface area contributed by atoms with Crippen molar-refractivity contribution in [3.8, 4) is 0 Å². The van der Waals surface area contributed by atoms with Gasteiger partial charge in [-0.3, -0.25) is 4.79 Å². The highest BCUT2D eigenvalue weighted by atomic mass is 35.5. The molecule has 0 aliphatic heterocycles. The first-order valence-electron chi connectivity index (χ1n) is 5.13. The number of carbonyl (C=O) groups is 1. The van der Waals surface area contributed by atoms with Crippen LogP contribution < -0.4 is 5.32 Å². The zero-order valence-corrected chi connectivity index (χ0v) is 10.0. The van der Waals surface area contributed by atoms with Crippen molar-refractivity contribution in [3.63, 3.8) is 0 Å². The first-order chi connectivity index (χ1) is 8.20. The van der Waals surface area contributed by atoms with Gasteiger partial charge in [-0.15, -0.1) is 0 Å². The number of hydrogen-bond acceptors (Lipinski definition) is 3. The first-order valence-corrected chi connectivity index (χ1v) is 5.51. The van der Waals surface area contributed by atoms with Crippen molar-refractivity contribution in [1.82, 2.24) is 15.3 Å². The maximum atomic E-state index is 11.7. The van der Waals surface area contributed by atoms with Gasteiger partial charge in [0.2, 0.25) is 5.28 Å². The number of amides is 1. The van der Waals surface area contributed by atoms with E-state index >= 15 is 0 Å². The molecule has 2 aromatic rings. The van der Waals surface area contributed by atoms with Crippen molar-refractivity contribution in [2.75, 3.05) is 20.3 Å². The summed E-state index contributed by atoms with van der Waals surface area (Å²) < 4.78 is 4.85. The third kappa shape index (κ3) is 2.75. The topological polar surface area (TPSA) is 67.0 Å². The van der Waals surface area contributed by atoms with Crippen LogP contribution in [-0.4, -0.2) is 36.1 Å². The molecule has 0 saturated heterocycles. The minimum absolute atomic E-state index is 0.144. The zero-order valence-electron chi connectivity index (χ0n) is 9.29. The molecule has 0 radical (unpaired) electrons. The Hall–Kier alpha value is -1.59. The van der Waals surface area contributed by atoms with Gasteiger partial charge in [-0.25, -0.2) is 4.98 Å². The SMILES string of the molecule is COCCNC(=O)c1ccc2nc(Cl)[nH]c2c1. The van der Waals surface area contributed by atoms with Crippen LogP contribution in [0.15, 0.2) is 18.2 Å². The highest BCUT2D eigenvalue weighted by Gasteiger charge is 2.07. The van der Waals surface area contributed by atoms with Gasteiger partial charge in [-0.2, -0.15) is 0 Å². The van der Waals surface area contributed by atoms with Gasteiger partial charge in [0.05, 0.1) is 17.6 Å². The van der Waals surface area contributed by atoms with Crippen LogP contribution >= 0.6 is 11.6 Å². The smallest absolute Gasteiger partial charge is 0.251 e. The molecule has 2 N–H and O–H groups in total. The summed E-state index contributed by atoms with van der Waals surface area (Å²) in [6.45, 7) is 0.973. The number of carbonyl (C=O) groups excluding carboxylic acids is 1. The molecule has 0 bridgehead atoms. The van der Waals surface area contributed by atoms with Crippen LogP contribution in [0.4, 0.5) is 0 Å². The van der Waals surface area contributed by atoms with E-state index in [1.807, 2.05) is 0 Å². The number of ether oxygens (including phenoxy) is 1. The van der Waals surface area contributed by atoms with Crippen molar-refractivity contribution < 1.29 is 9.53 Å². The van der Waals surface area contributed by atoms with Gasteiger partial charge in [0.15, 0.2) is 0 Å². The van der Waals surface area contributed by atoms with E-state index in [-0.39, 0.29) is 5.91 Å². The molecule has 1 heterocycles. The monoisotopic (exact) mass is 253 g/mol. The van der Waals surface area contributed by atoms with Crippen LogP contribution in [-0.2, 0) is 4.74 Å². The zero-order chi connectivity index (χ0) is 12.3. The van der Waals surface area contributed by atoms with E-state index < -0.39 is 0 Å². The van der Waals surface area contributed by atoms with Gasteiger partial charge in [0.25, 0.3) is 5.91 Å². The van der Waals surface area contributed by atoms with Crippen molar-refractivity contribution >= 4 is 28.5 Å². The number of nitrogens with one attached hydrogen (secondary N) is 2. The molecule has 1 aromatic heterocycles. The minimum Gasteiger partial charge on any atom is -0.383 e. The molecule has 0 aliphatic carbocycles. The Bertz CT molecular complexity index is 538. The van der Waals surface area contributed by atoms with E-state index in [4.69, 9.17) is 16.3 Å². The van der Waals surface area contributed by atoms with E-state index in [0.717, 1.165) is 11.0 Å². The molecule has 2 rings (SSSR count). The van der Waals surface area contributed by atoms with Crippen LogP contribution in [0.25, 0.3) is 11.0 Å². The summed E-state index contributed by atoms with van der Waals surface area (Å²) in [6, 6.07) is 5.18. The molecule has 90 valence electrons. The summed E-state index contributed by atoms with van der Waals surface area (Å²) in [7, 11) is 1.59. The van der Waals surface area contributed by atoms with Crippen LogP contribution in [0.2, 0.25) is 5.28 Å². The second-order valence-electron chi connectivity index (χ2n) is 3.51. The predicted octanol–water partition coefficient (Wildman–Crippen LogP) is 1.59. The highest BCUT2D eigenvalue weighted by Crippen LogP contribution is 2.15. The lowest BCUT2D eigenvalue weighted by Gasteiger charge is -2.04. The largest absolute Gasteiger partial charge is 0.383 e. The lowest BCUT2D eigenvalue weighted by molar-refractivity contribution is 0.0937. The number of aromatic amines is 1. The molecule has 0 unspecified atom stereocenters. The number of hydrogen-bond donors (Lipinski definition) is 2. The van der Waals surface area contributed by atoms with Crippen LogP contribution in [0.3, 0.4) is 0 Å². The Balaban J connectivity index is 2.15. The number of fused-ring (bicyclic) bond motifs is 1. The molecule has 0 aliphatic rings. The predicted molar refractivity (Wildman–Crippen MR) is 65.3 cm³/mol. The van der Waals surface area contributed by atoms with Gasteiger partial charge in [0.1, 0.15) is 0 Å². The summed E-state index contributed by atoms with van der Waals surface area (Å²) in [5, 5.41) is 3.06. The third-order valence-electron chi connectivity index (χ3n) is 2.31. The summed E-state index contributed by atoms with van der Waals surface area (Å²) >= 11 is 5.73. The van der Waals surface area contributed by atoms with E-state index in [0.29, 0.717) is 24.0 Å². The Morgan fingerprint density at radius 3 is 3.18 bits per heavy atom. The number of nitrogens with zero attached hydrogens (tertiary/aromatic N) is 1. The van der Waals surface area contributed by atoms with Gasteiger partial charge in [0, 0.05) is 19.2 Å². The second-order valence-corrected chi connectivity index (χ2v) is 3.87. The standard InChI is InChI=1S/C11H12ClN3O2/c1-17-5-4-13-10(16)7-2-3-8-9(6-7)15-11(12)14-8/h2-3,6H,4-5H2,1H3,(H,13,16)(H,14,15). The number of methoxy groups -OCH3 is 1. The van der Waals surface area contributed by atoms with E-state index in [1.165, 1.54) is 0 Å².